The van der Waals surface area contributed by atoms with Crippen molar-refractivity contribution in [3.05, 3.63) is 36.0 Å². The maximum atomic E-state index is 10.5. The van der Waals surface area contributed by atoms with E-state index in [4.69, 9.17) is 5.11 Å². The van der Waals surface area contributed by atoms with Crippen LogP contribution in [0, 0.1) is 0 Å². The molecule has 1 heterocycles. The van der Waals surface area contributed by atoms with Gasteiger partial charge in [-0.2, -0.15) is 0 Å². The van der Waals surface area contributed by atoms with E-state index < -0.39 is 5.97 Å². The number of rotatable bonds is 1. The Balaban J connectivity index is 0.000000845. The average molecular weight is 179 g/mol. The number of carbonyl (C=O) groups is 1. The molecule has 0 saturated heterocycles. The molecule has 1 aromatic carbocycles. The molecule has 0 bridgehead atoms. The number of para-hydroxylation sites is 1. The van der Waals surface area contributed by atoms with Crippen LogP contribution >= 0.6 is 0 Å². The molecule has 0 amide bonds. The highest BCUT2D eigenvalue weighted by atomic mass is 16.4. The lowest BCUT2D eigenvalue weighted by atomic mass is 10.2. The Hall–Kier alpha value is -1.81. The van der Waals surface area contributed by atoms with Gasteiger partial charge < -0.3 is 15.6 Å². The normalized spacial score (nSPS) is 9.54. The van der Waals surface area contributed by atoms with Crippen molar-refractivity contribution in [2.75, 3.05) is 0 Å². The second-order valence-electron chi connectivity index (χ2n) is 2.58. The van der Waals surface area contributed by atoms with Crippen molar-refractivity contribution < 1.29 is 15.4 Å². The first-order chi connectivity index (χ1) is 5.77. The zero-order valence-electron chi connectivity index (χ0n) is 6.74. The number of aromatic nitrogens is 1. The molecule has 2 aromatic rings. The van der Waals surface area contributed by atoms with Crippen molar-refractivity contribution >= 4 is 16.9 Å². The number of fused-ring (bicyclic) bond motifs is 1. The maximum Gasteiger partial charge on any atom is 0.352 e. The molecule has 1 aromatic heterocycles. The molecule has 0 spiro atoms. The van der Waals surface area contributed by atoms with Crippen LogP contribution in [0.5, 0.6) is 0 Å². The van der Waals surface area contributed by atoms with Gasteiger partial charge in [0.1, 0.15) is 5.69 Å². The Kier molecular flexibility index (Phi) is 2.34. The summed E-state index contributed by atoms with van der Waals surface area (Å²) in [7, 11) is 0. The van der Waals surface area contributed by atoms with Crippen LogP contribution in [0.3, 0.4) is 0 Å². The molecule has 0 fully saturated rings. The fourth-order valence-electron chi connectivity index (χ4n) is 1.19. The molecule has 0 aliphatic carbocycles. The number of aromatic amines is 1. The summed E-state index contributed by atoms with van der Waals surface area (Å²) in [4.78, 5) is 13.3. The predicted octanol–water partition coefficient (Wildman–Crippen LogP) is 1.04. The van der Waals surface area contributed by atoms with Gasteiger partial charge in [0.2, 0.25) is 0 Å². The predicted molar refractivity (Wildman–Crippen MR) is 48.9 cm³/mol. The molecule has 0 aliphatic rings. The molecule has 0 radical (unpaired) electrons. The summed E-state index contributed by atoms with van der Waals surface area (Å²) in [6.07, 6.45) is 0. The molecule has 0 aliphatic heterocycles. The minimum absolute atomic E-state index is 0. The number of aromatic carboxylic acids is 1. The Labute approximate surface area is 74.1 Å². The third kappa shape index (κ3) is 1.52. The molecular weight excluding hydrogens is 170 g/mol. The molecule has 4 N–H and O–H groups in total. The minimum atomic E-state index is -0.925. The van der Waals surface area contributed by atoms with Crippen molar-refractivity contribution in [3.63, 3.8) is 0 Å². The molecule has 4 nitrogen and oxygen atoms in total. The molecule has 0 unspecified atom stereocenters. The fourth-order valence-corrected chi connectivity index (χ4v) is 1.19. The lowest BCUT2D eigenvalue weighted by Gasteiger charge is -1.84. The lowest BCUT2D eigenvalue weighted by molar-refractivity contribution is 0.0691. The van der Waals surface area contributed by atoms with E-state index in [1.807, 2.05) is 24.3 Å². The Bertz CT molecular complexity index is 400. The molecule has 2 rings (SSSR count). The largest absolute Gasteiger partial charge is 0.477 e. The molecule has 0 atom stereocenters. The fraction of sp³-hybridized carbons (Fsp3) is 0. The molecule has 13 heavy (non-hydrogen) atoms. The van der Waals surface area contributed by atoms with Crippen LogP contribution in [0.2, 0.25) is 0 Å². The van der Waals surface area contributed by atoms with Crippen molar-refractivity contribution in [3.8, 4) is 0 Å². The van der Waals surface area contributed by atoms with E-state index in [1.165, 1.54) is 0 Å². The van der Waals surface area contributed by atoms with E-state index in [2.05, 4.69) is 4.98 Å². The van der Waals surface area contributed by atoms with Gasteiger partial charge in [0.25, 0.3) is 0 Å². The van der Waals surface area contributed by atoms with Gasteiger partial charge in [-0.3, -0.25) is 0 Å². The summed E-state index contributed by atoms with van der Waals surface area (Å²) in [6.45, 7) is 0. The second-order valence-corrected chi connectivity index (χ2v) is 2.58. The van der Waals surface area contributed by atoms with Gasteiger partial charge in [0.05, 0.1) is 0 Å². The Morgan fingerprint density at radius 2 is 2.00 bits per heavy atom. The van der Waals surface area contributed by atoms with E-state index in [0.717, 1.165) is 10.9 Å². The summed E-state index contributed by atoms with van der Waals surface area (Å²) in [5.74, 6) is -0.925. The first kappa shape index (κ1) is 9.28. The van der Waals surface area contributed by atoms with Gasteiger partial charge in [0, 0.05) is 10.9 Å². The van der Waals surface area contributed by atoms with Crippen LogP contribution in [-0.2, 0) is 0 Å². The highest BCUT2D eigenvalue weighted by Gasteiger charge is 2.05. The van der Waals surface area contributed by atoms with Crippen molar-refractivity contribution in [1.82, 2.24) is 4.98 Å². The molecule has 4 heteroatoms. The lowest BCUT2D eigenvalue weighted by Crippen LogP contribution is -1.94. The summed E-state index contributed by atoms with van der Waals surface area (Å²) in [5.41, 5.74) is 1.09. The standard InChI is InChI=1S/C9H7NO2.H2O/c11-9(12)8-5-6-3-1-2-4-7(6)10-8;/h1-5,10H,(H,11,12);1H2. The summed E-state index contributed by atoms with van der Waals surface area (Å²) in [6, 6.07) is 9.09. The highest BCUT2D eigenvalue weighted by Crippen LogP contribution is 2.13. The van der Waals surface area contributed by atoms with Crippen LogP contribution in [0.15, 0.2) is 30.3 Å². The van der Waals surface area contributed by atoms with Crippen LogP contribution < -0.4 is 0 Å². The number of hydrogen-bond donors (Lipinski definition) is 2. The minimum Gasteiger partial charge on any atom is -0.477 e. The summed E-state index contributed by atoms with van der Waals surface area (Å²) in [5, 5.41) is 9.58. The van der Waals surface area contributed by atoms with Gasteiger partial charge in [-0.1, -0.05) is 18.2 Å². The maximum absolute atomic E-state index is 10.5. The zero-order chi connectivity index (χ0) is 8.55. The topological polar surface area (TPSA) is 84.6 Å². The van der Waals surface area contributed by atoms with Gasteiger partial charge in [-0.15, -0.1) is 0 Å². The third-order valence-electron chi connectivity index (χ3n) is 1.76. The van der Waals surface area contributed by atoms with E-state index in [-0.39, 0.29) is 11.2 Å². The monoisotopic (exact) mass is 179 g/mol. The van der Waals surface area contributed by atoms with Crippen molar-refractivity contribution in [2.24, 2.45) is 0 Å². The zero-order valence-corrected chi connectivity index (χ0v) is 6.74. The smallest absolute Gasteiger partial charge is 0.352 e. The average Bonchev–Trinajstić information content (AvgIpc) is 2.46. The van der Waals surface area contributed by atoms with E-state index in [1.54, 1.807) is 6.07 Å². The first-order valence-corrected chi connectivity index (χ1v) is 3.58. The Morgan fingerprint density at radius 3 is 2.62 bits per heavy atom. The van der Waals surface area contributed by atoms with Gasteiger partial charge in [-0.25, -0.2) is 4.79 Å². The van der Waals surface area contributed by atoms with Crippen LogP contribution in [0.1, 0.15) is 10.5 Å². The highest BCUT2D eigenvalue weighted by molar-refractivity contribution is 5.93. The number of benzene rings is 1. The van der Waals surface area contributed by atoms with Gasteiger partial charge in [-0.05, 0) is 12.1 Å². The molecule has 68 valence electrons. The number of nitrogens with one attached hydrogen (secondary N) is 1. The third-order valence-corrected chi connectivity index (χ3v) is 1.76. The SMILES string of the molecule is O.O=C(O)c1cc2ccccc2[nH]1. The number of hydrogen-bond acceptors (Lipinski definition) is 1. The van der Waals surface area contributed by atoms with E-state index >= 15 is 0 Å². The Morgan fingerprint density at radius 1 is 1.31 bits per heavy atom. The van der Waals surface area contributed by atoms with E-state index in [0.29, 0.717) is 0 Å². The number of carboxylic acid groups (broad SMARTS) is 1. The van der Waals surface area contributed by atoms with Crippen LogP contribution in [0.4, 0.5) is 0 Å². The van der Waals surface area contributed by atoms with Gasteiger partial charge >= 0.3 is 5.97 Å². The number of carboxylic acids is 1. The van der Waals surface area contributed by atoms with Gasteiger partial charge in [0.15, 0.2) is 0 Å². The second kappa shape index (κ2) is 3.28. The molecule has 0 saturated carbocycles. The summed E-state index contributed by atoms with van der Waals surface area (Å²) >= 11 is 0. The van der Waals surface area contributed by atoms with Crippen molar-refractivity contribution in [1.29, 1.82) is 0 Å². The number of H-pyrrole nitrogens is 1. The van der Waals surface area contributed by atoms with Crippen LogP contribution in [0.25, 0.3) is 10.9 Å². The summed E-state index contributed by atoms with van der Waals surface area (Å²) < 4.78 is 0. The van der Waals surface area contributed by atoms with Crippen LogP contribution in [-0.4, -0.2) is 21.5 Å². The molecular formula is C9H9NO3. The van der Waals surface area contributed by atoms with E-state index in [9.17, 15) is 4.79 Å². The quantitative estimate of drug-likeness (QED) is 0.685. The first-order valence-electron chi connectivity index (χ1n) is 3.58. The van der Waals surface area contributed by atoms with Crippen molar-refractivity contribution in [2.45, 2.75) is 0 Å².